The fourth-order valence-electron chi connectivity index (χ4n) is 2.92. The van der Waals surface area contributed by atoms with Gasteiger partial charge in [-0.1, -0.05) is 6.07 Å². The molecule has 0 radical (unpaired) electrons. The van der Waals surface area contributed by atoms with E-state index in [0.29, 0.717) is 13.0 Å². The van der Waals surface area contributed by atoms with E-state index in [1.54, 1.807) is 6.26 Å². The molecule has 0 bridgehead atoms. The molecular formula is C19H25N3O3. The van der Waals surface area contributed by atoms with Crippen LogP contribution in [0, 0.1) is 13.8 Å². The molecule has 1 aromatic carbocycles. The lowest BCUT2D eigenvalue weighted by Crippen LogP contribution is -2.48. The Morgan fingerprint density at radius 3 is 2.68 bits per heavy atom. The first-order chi connectivity index (χ1) is 12.1. The van der Waals surface area contributed by atoms with Crippen LogP contribution in [-0.4, -0.2) is 53.5 Å². The van der Waals surface area contributed by atoms with E-state index in [0.717, 1.165) is 44.2 Å². The van der Waals surface area contributed by atoms with E-state index in [4.69, 9.17) is 9.15 Å². The van der Waals surface area contributed by atoms with Crippen molar-refractivity contribution in [2.45, 2.75) is 26.8 Å². The van der Waals surface area contributed by atoms with Crippen molar-refractivity contribution in [1.82, 2.24) is 14.8 Å². The van der Waals surface area contributed by atoms with Gasteiger partial charge in [-0.2, -0.15) is 0 Å². The molecule has 6 nitrogen and oxygen atoms in total. The Labute approximate surface area is 148 Å². The molecule has 6 heteroatoms. The fourth-order valence-corrected chi connectivity index (χ4v) is 2.92. The molecule has 1 aliphatic heterocycles. The van der Waals surface area contributed by atoms with E-state index >= 15 is 0 Å². The SMILES string of the molecule is Cc1ccc(OCCC(=O)N2CCN(Cc3cocn3)CC2)cc1C. The van der Waals surface area contributed by atoms with Crippen LogP contribution in [0.25, 0.3) is 0 Å². The quantitative estimate of drug-likeness (QED) is 0.806. The molecule has 0 unspecified atom stereocenters. The Morgan fingerprint density at radius 1 is 1.20 bits per heavy atom. The Bertz CT molecular complexity index is 692. The first-order valence-corrected chi connectivity index (χ1v) is 8.69. The van der Waals surface area contributed by atoms with Crippen molar-refractivity contribution in [1.29, 1.82) is 0 Å². The van der Waals surface area contributed by atoms with Gasteiger partial charge in [-0.05, 0) is 37.1 Å². The zero-order valence-electron chi connectivity index (χ0n) is 14.9. The van der Waals surface area contributed by atoms with Gasteiger partial charge in [-0.25, -0.2) is 4.98 Å². The summed E-state index contributed by atoms with van der Waals surface area (Å²) in [5.74, 6) is 0.984. The van der Waals surface area contributed by atoms with Crippen molar-refractivity contribution in [2.75, 3.05) is 32.8 Å². The van der Waals surface area contributed by atoms with Gasteiger partial charge in [0, 0.05) is 32.7 Å². The van der Waals surface area contributed by atoms with Crippen molar-refractivity contribution in [2.24, 2.45) is 0 Å². The number of ether oxygens (including phenoxy) is 1. The summed E-state index contributed by atoms with van der Waals surface area (Å²) in [5, 5.41) is 0. The molecule has 0 N–H and O–H groups in total. The molecule has 0 atom stereocenters. The summed E-state index contributed by atoms with van der Waals surface area (Å²) in [7, 11) is 0. The zero-order chi connectivity index (χ0) is 17.6. The van der Waals surface area contributed by atoms with Crippen molar-refractivity contribution < 1.29 is 13.9 Å². The van der Waals surface area contributed by atoms with Crippen LogP contribution in [0.2, 0.25) is 0 Å². The number of oxazole rings is 1. The second-order valence-electron chi connectivity index (χ2n) is 6.48. The van der Waals surface area contributed by atoms with Crippen LogP contribution in [0.3, 0.4) is 0 Å². The number of carbonyl (C=O) groups is 1. The molecule has 1 saturated heterocycles. The highest BCUT2D eigenvalue weighted by molar-refractivity contribution is 5.76. The van der Waals surface area contributed by atoms with E-state index in [9.17, 15) is 4.79 Å². The van der Waals surface area contributed by atoms with Crippen LogP contribution in [0.5, 0.6) is 5.75 Å². The molecular weight excluding hydrogens is 318 g/mol. The van der Waals surface area contributed by atoms with Crippen LogP contribution in [0.4, 0.5) is 0 Å². The predicted octanol–water partition coefficient (Wildman–Crippen LogP) is 2.40. The average Bonchev–Trinajstić information content (AvgIpc) is 3.11. The summed E-state index contributed by atoms with van der Waals surface area (Å²) in [4.78, 5) is 20.7. The Balaban J connectivity index is 1.38. The summed E-state index contributed by atoms with van der Waals surface area (Å²) in [6.45, 7) is 8.54. The van der Waals surface area contributed by atoms with Crippen LogP contribution in [0.1, 0.15) is 23.2 Å². The molecule has 2 aromatic rings. The number of hydrogen-bond acceptors (Lipinski definition) is 5. The van der Waals surface area contributed by atoms with Crippen molar-refractivity contribution >= 4 is 5.91 Å². The molecule has 134 valence electrons. The molecule has 1 amide bonds. The highest BCUT2D eigenvalue weighted by Gasteiger charge is 2.21. The van der Waals surface area contributed by atoms with Gasteiger partial charge in [0.25, 0.3) is 0 Å². The number of hydrogen-bond donors (Lipinski definition) is 0. The second kappa shape index (κ2) is 8.16. The van der Waals surface area contributed by atoms with E-state index in [1.807, 2.05) is 23.1 Å². The topological polar surface area (TPSA) is 58.8 Å². The summed E-state index contributed by atoms with van der Waals surface area (Å²) < 4.78 is 10.7. The summed E-state index contributed by atoms with van der Waals surface area (Å²) in [5.41, 5.74) is 3.38. The van der Waals surface area contributed by atoms with Gasteiger partial charge in [-0.15, -0.1) is 0 Å². The number of aromatic nitrogens is 1. The molecule has 25 heavy (non-hydrogen) atoms. The lowest BCUT2D eigenvalue weighted by Gasteiger charge is -2.34. The molecule has 2 heterocycles. The minimum absolute atomic E-state index is 0.157. The number of benzene rings is 1. The largest absolute Gasteiger partial charge is 0.493 e. The number of nitrogens with zero attached hydrogens (tertiary/aromatic N) is 3. The van der Waals surface area contributed by atoms with E-state index in [1.165, 1.54) is 17.5 Å². The predicted molar refractivity (Wildman–Crippen MR) is 94.4 cm³/mol. The van der Waals surface area contributed by atoms with Crippen LogP contribution >= 0.6 is 0 Å². The standard InChI is InChI=1S/C19H25N3O3/c1-15-3-4-18(11-16(15)2)25-10-5-19(23)22-8-6-21(7-9-22)12-17-13-24-14-20-17/h3-4,11,13-14H,5-10,12H2,1-2H3. The Morgan fingerprint density at radius 2 is 2.00 bits per heavy atom. The average molecular weight is 343 g/mol. The van der Waals surface area contributed by atoms with Crippen molar-refractivity contribution in [3.05, 3.63) is 47.7 Å². The minimum atomic E-state index is 0.157. The smallest absolute Gasteiger partial charge is 0.226 e. The van der Waals surface area contributed by atoms with Gasteiger partial charge < -0.3 is 14.1 Å². The third-order valence-electron chi connectivity index (χ3n) is 4.66. The Kier molecular flexibility index (Phi) is 5.71. The molecule has 0 spiro atoms. The maximum atomic E-state index is 12.3. The second-order valence-corrected chi connectivity index (χ2v) is 6.48. The normalized spacial score (nSPS) is 15.4. The van der Waals surface area contributed by atoms with Crippen LogP contribution in [0.15, 0.2) is 35.3 Å². The van der Waals surface area contributed by atoms with Gasteiger partial charge in [0.15, 0.2) is 6.39 Å². The number of carbonyl (C=O) groups excluding carboxylic acids is 1. The first kappa shape index (κ1) is 17.5. The summed E-state index contributed by atoms with van der Waals surface area (Å²) in [6.07, 6.45) is 3.53. The molecule has 3 rings (SSSR count). The van der Waals surface area contributed by atoms with Gasteiger partial charge in [0.1, 0.15) is 12.0 Å². The molecule has 1 fully saturated rings. The number of rotatable bonds is 6. The maximum absolute atomic E-state index is 12.3. The van der Waals surface area contributed by atoms with Gasteiger partial charge >= 0.3 is 0 Å². The van der Waals surface area contributed by atoms with Gasteiger partial charge in [0.2, 0.25) is 5.91 Å². The highest BCUT2D eigenvalue weighted by Crippen LogP contribution is 2.16. The van der Waals surface area contributed by atoms with Crippen LogP contribution in [-0.2, 0) is 11.3 Å². The molecule has 1 aliphatic rings. The minimum Gasteiger partial charge on any atom is -0.493 e. The van der Waals surface area contributed by atoms with Crippen molar-refractivity contribution in [3.63, 3.8) is 0 Å². The number of amides is 1. The lowest BCUT2D eigenvalue weighted by atomic mass is 10.1. The summed E-state index contributed by atoms with van der Waals surface area (Å²) in [6, 6.07) is 6.01. The molecule has 0 aliphatic carbocycles. The third-order valence-corrected chi connectivity index (χ3v) is 4.66. The molecule has 1 aromatic heterocycles. The number of piperazine rings is 1. The Hall–Kier alpha value is -2.34. The van der Waals surface area contributed by atoms with E-state index in [2.05, 4.69) is 23.7 Å². The highest BCUT2D eigenvalue weighted by atomic mass is 16.5. The lowest BCUT2D eigenvalue weighted by molar-refractivity contribution is -0.133. The molecule has 0 saturated carbocycles. The zero-order valence-corrected chi connectivity index (χ0v) is 14.9. The van der Waals surface area contributed by atoms with Gasteiger partial charge in [0.05, 0.1) is 18.7 Å². The first-order valence-electron chi connectivity index (χ1n) is 8.69. The maximum Gasteiger partial charge on any atom is 0.226 e. The van der Waals surface area contributed by atoms with Crippen LogP contribution < -0.4 is 4.74 Å². The monoisotopic (exact) mass is 343 g/mol. The van der Waals surface area contributed by atoms with Gasteiger partial charge in [-0.3, -0.25) is 9.69 Å². The third kappa shape index (κ3) is 4.82. The summed E-state index contributed by atoms with van der Waals surface area (Å²) >= 11 is 0. The van der Waals surface area contributed by atoms with E-state index in [-0.39, 0.29) is 5.91 Å². The van der Waals surface area contributed by atoms with E-state index < -0.39 is 0 Å². The van der Waals surface area contributed by atoms with Crippen molar-refractivity contribution in [3.8, 4) is 5.75 Å². The number of aryl methyl sites for hydroxylation is 2. The fraction of sp³-hybridized carbons (Fsp3) is 0.474.